The minimum absolute atomic E-state index is 0.0611. The summed E-state index contributed by atoms with van der Waals surface area (Å²) in [6, 6.07) is 8.85. The van der Waals surface area contributed by atoms with Crippen LogP contribution in [0, 0.1) is 18.3 Å². The van der Waals surface area contributed by atoms with Gasteiger partial charge >= 0.3 is 0 Å². The van der Waals surface area contributed by atoms with E-state index in [1.807, 2.05) is 6.92 Å². The molecule has 0 spiro atoms. The molecule has 0 saturated carbocycles. The molecule has 0 aromatic carbocycles. The van der Waals surface area contributed by atoms with Gasteiger partial charge in [-0.1, -0.05) is 0 Å². The van der Waals surface area contributed by atoms with Crippen LogP contribution in [0.5, 0.6) is 5.88 Å². The molecule has 0 radical (unpaired) electrons. The van der Waals surface area contributed by atoms with Crippen molar-refractivity contribution in [2.75, 3.05) is 18.0 Å². The van der Waals surface area contributed by atoms with Gasteiger partial charge in [0.1, 0.15) is 29.2 Å². The first kappa shape index (κ1) is 17.9. The zero-order valence-corrected chi connectivity index (χ0v) is 15.8. The third-order valence-electron chi connectivity index (χ3n) is 5.00. The Hall–Kier alpha value is -3.47. The van der Waals surface area contributed by atoms with Crippen molar-refractivity contribution < 1.29 is 4.74 Å². The number of fused-ring (bicyclic) bond motifs is 1. The zero-order chi connectivity index (χ0) is 19.7. The van der Waals surface area contributed by atoms with E-state index in [4.69, 9.17) is 4.74 Å². The van der Waals surface area contributed by atoms with Gasteiger partial charge in [0.05, 0.1) is 11.2 Å². The molecule has 1 aliphatic rings. The number of ether oxygens (including phenoxy) is 1. The summed E-state index contributed by atoms with van der Waals surface area (Å²) < 4.78 is 7.54. The summed E-state index contributed by atoms with van der Waals surface area (Å²) in [5, 5.41) is 9.20. The molecule has 1 saturated heterocycles. The predicted octanol–water partition coefficient (Wildman–Crippen LogP) is 1.95. The summed E-state index contributed by atoms with van der Waals surface area (Å²) in [4.78, 5) is 27.4. The maximum Gasteiger partial charge on any atom is 0.252 e. The number of aromatic nitrogens is 4. The van der Waals surface area contributed by atoms with Crippen LogP contribution in [0.4, 0.5) is 5.69 Å². The number of aryl methyl sites for hydroxylation is 2. The molecule has 0 atom stereocenters. The summed E-state index contributed by atoms with van der Waals surface area (Å²) in [5.74, 6) is 1.27. The van der Waals surface area contributed by atoms with Crippen LogP contribution >= 0.6 is 0 Å². The maximum absolute atomic E-state index is 12.4. The molecule has 8 nitrogen and oxygen atoms in total. The fourth-order valence-corrected chi connectivity index (χ4v) is 3.50. The molecule has 0 amide bonds. The van der Waals surface area contributed by atoms with Gasteiger partial charge in [0.15, 0.2) is 0 Å². The molecule has 0 unspecified atom stereocenters. The molecule has 0 aliphatic carbocycles. The molecule has 4 heterocycles. The number of hydrogen-bond donors (Lipinski definition) is 0. The van der Waals surface area contributed by atoms with Crippen molar-refractivity contribution in [3.63, 3.8) is 0 Å². The van der Waals surface area contributed by atoms with Crippen molar-refractivity contribution in [2.24, 2.45) is 7.05 Å². The summed E-state index contributed by atoms with van der Waals surface area (Å²) in [7, 11) is 1.71. The molecule has 28 heavy (non-hydrogen) atoms. The standard InChI is InChI=1S/C20H20N6O2/c1-13-22-8-5-18(23-13)28-15-6-9-26(10-7-15)17-11-19(27)25(2)16-4-3-14(12-21)24-20(16)17/h3-5,8,11,15H,6-7,9-10H2,1-2H3. The molecule has 3 aromatic rings. The van der Waals surface area contributed by atoms with E-state index >= 15 is 0 Å². The number of anilines is 1. The fourth-order valence-electron chi connectivity index (χ4n) is 3.50. The van der Waals surface area contributed by atoms with Gasteiger partial charge < -0.3 is 14.2 Å². The van der Waals surface area contributed by atoms with Gasteiger partial charge in [-0.15, -0.1) is 0 Å². The lowest BCUT2D eigenvalue weighted by Crippen LogP contribution is -2.39. The number of nitrogens with zero attached hydrogens (tertiary/aromatic N) is 6. The van der Waals surface area contributed by atoms with Gasteiger partial charge in [-0.2, -0.15) is 10.2 Å². The van der Waals surface area contributed by atoms with E-state index in [0.29, 0.717) is 22.9 Å². The van der Waals surface area contributed by atoms with Crippen molar-refractivity contribution in [3.8, 4) is 11.9 Å². The number of pyridine rings is 2. The molecule has 0 N–H and O–H groups in total. The molecule has 1 aliphatic heterocycles. The second-order valence-electron chi connectivity index (χ2n) is 6.85. The highest BCUT2D eigenvalue weighted by atomic mass is 16.5. The second-order valence-corrected chi connectivity index (χ2v) is 6.85. The molecular formula is C20H20N6O2. The Morgan fingerprint density at radius 1 is 1.21 bits per heavy atom. The molecule has 142 valence electrons. The van der Waals surface area contributed by atoms with Crippen molar-refractivity contribution in [1.29, 1.82) is 5.26 Å². The first-order valence-electron chi connectivity index (χ1n) is 9.17. The molecule has 0 bridgehead atoms. The smallest absolute Gasteiger partial charge is 0.252 e. The van der Waals surface area contributed by atoms with Crippen molar-refractivity contribution in [3.05, 3.63) is 52.3 Å². The van der Waals surface area contributed by atoms with Crippen LogP contribution in [0.25, 0.3) is 11.0 Å². The van der Waals surface area contributed by atoms with E-state index < -0.39 is 0 Å². The number of rotatable bonds is 3. The third-order valence-corrected chi connectivity index (χ3v) is 5.00. The monoisotopic (exact) mass is 376 g/mol. The first-order valence-corrected chi connectivity index (χ1v) is 9.17. The molecule has 8 heteroatoms. The summed E-state index contributed by atoms with van der Waals surface area (Å²) in [6.07, 6.45) is 3.36. The summed E-state index contributed by atoms with van der Waals surface area (Å²) in [5.41, 5.74) is 2.41. The van der Waals surface area contributed by atoms with E-state index in [0.717, 1.165) is 37.1 Å². The second kappa shape index (κ2) is 7.27. The summed E-state index contributed by atoms with van der Waals surface area (Å²) >= 11 is 0. The van der Waals surface area contributed by atoms with E-state index in [9.17, 15) is 10.1 Å². The van der Waals surface area contributed by atoms with Gasteiger partial charge in [-0.05, 0) is 19.1 Å². The SMILES string of the molecule is Cc1nccc(OC2CCN(c3cc(=O)n(C)c4ccc(C#N)nc34)CC2)n1. The number of hydrogen-bond acceptors (Lipinski definition) is 7. The van der Waals surface area contributed by atoms with Gasteiger partial charge in [0, 0.05) is 51.3 Å². The average Bonchev–Trinajstić information content (AvgIpc) is 2.71. The van der Waals surface area contributed by atoms with Crippen LogP contribution in [0.1, 0.15) is 24.4 Å². The number of piperidine rings is 1. The zero-order valence-electron chi connectivity index (χ0n) is 15.8. The van der Waals surface area contributed by atoms with Crippen LogP contribution in [0.3, 0.4) is 0 Å². The van der Waals surface area contributed by atoms with Crippen molar-refractivity contribution in [1.82, 2.24) is 19.5 Å². The van der Waals surface area contributed by atoms with Gasteiger partial charge in [0.25, 0.3) is 5.56 Å². The highest BCUT2D eigenvalue weighted by Gasteiger charge is 2.24. The fraction of sp³-hybridized carbons (Fsp3) is 0.350. The van der Waals surface area contributed by atoms with Gasteiger partial charge in [0.2, 0.25) is 5.88 Å². The predicted molar refractivity (Wildman–Crippen MR) is 104 cm³/mol. The van der Waals surface area contributed by atoms with E-state index in [2.05, 4.69) is 25.9 Å². The molecule has 3 aromatic heterocycles. The Morgan fingerprint density at radius 2 is 2.00 bits per heavy atom. The lowest BCUT2D eigenvalue weighted by molar-refractivity contribution is 0.163. The highest BCUT2D eigenvalue weighted by molar-refractivity contribution is 5.88. The van der Waals surface area contributed by atoms with Crippen molar-refractivity contribution >= 4 is 16.7 Å². The molecule has 4 rings (SSSR count). The molecule has 1 fully saturated rings. The van der Waals surface area contributed by atoms with Gasteiger partial charge in [-0.3, -0.25) is 4.79 Å². The average molecular weight is 376 g/mol. The van der Waals surface area contributed by atoms with E-state index in [1.54, 1.807) is 42.1 Å². The molecular weight excluding hydrogens is 356 g/mol. The third kappa shape index (κ3) is 3.39. The van der Waals surface area contributed by atoms with Gasteiger partial charge in [-0.25, -0.2) is 9.97 Å². The Balaban J connectivity index is 1.58. The van der Waals surface area contributed by atoms with Crippen LogP contribution in [-0.4, -0.2) is 38.7 Å². The quantitative estimate of drug-likeness (QED) is 0.689. The largest absolute Gasteiger partial charge is 0.474 e. The lowest BCUT2D eigenvalue weighted by atomic mass is 10.1. The minimum atomic E-state index is -0.0937. The highest BCUT2D eigenvalue weighted by Crippen LogP contribution is 2.27. The number of nitriles is 1. The Labute approximate surface area is 162 Å². The van der Waals surface area contributed by atoms with Crippen LogP contribution in [0.15, 0.2) is 35.3 Å². The normalized spacial score (nSPS) is 14.8. The minimum Gasteiger partial charge on any atom is -0.474 e. The van der Waals surface area contributed by atoms with Crippen molar-refractivity contribution in [2.45, 2.75) is 25.9 Å². The van der Waals surface area contributed by atoms with Crippen LogP contribution in [0.2, 0.25) is 0 Å². The van der Waals surface area contributed by atoms with E-state index in [1.165, 1.54) is 0 Å². The Kier molecular flexibility index (Phi) is 4.65. The maximum atomic E-state index is 12.4. The Morgan fingerprint density at radius 3 is 2.71 bits per heavy atom. The lowest BCUT2D eigenvalue weighted by Gasteiger charge is -2.33. The Bertz CT molecular complexity index is 1130. The van der Waals surface area contributed by atoms with E-state index in [-0.39, 0.29) is 11.7 Å². The topological polar surface area (TPSA) is 96.9 Å². The van der Waals surface area contributed by atoms with Crippen LogP contribution in [-0.2, 0) is 7.05 Å². The van der Waals surface area contributed by atoms with Crippen LogP contribution < -0.4 is 15.2 Å². The first-order chi connectivity index (χ1) is 13.5. The summed E-state index contributed by atoms with van der Waals surface area (Å²) in [6.45, 7) is 3.30.